The highest BCUT2D eigenvalue weighted by Gasteiger charge is 2.38. The minimum Gasteiger partial charge on any atom is -0.381 e. The van der Waals surface area contributed by atoms with E-state index in [1.165, 1.54) is 12.8 Å². The number of ether oxygens (including phenoxy) is 1. The number of aliphatic imine (C=N–C) groups is 1. The van der Waals surface area contributed by atoms with E-state index in [9.17, 15) is 4.79 Å². The molecule has 0 saturated carbocycles. The summed E-state index contributed by atoms with van der Waals surface area (Å²) in [6.45, 7) is 3.45. The number of rotatable bonds is 3. The number of likely N-dealkylation sites (tertiary alicyclic amines) is 1. The van der Waals surface area contributed by atoms with E-state index in [1.54, 1.807) is 0 Å². The molecule has 0 aliphatic carbocycles. The highest BCUT2D eigenvalue weighted by Crippen LogP contribution is 2.30. The molecule has 0 unspecified atom stereocenters. The van der Waals surface area contributed by atoms with Gasteiger partial charge in [0.2, 0.25) is 5.91 Å². The summed E-state index contributed by atoms with van der Waals surface area (Å²) in [4.78, 5) is 18.4. The molecule has 1 amide bonds. The van der Waals surface area contributed by atoms with Gasteiger partial charge in [0.1, 0.15) is 0 Å². The van der Waals surface area contributed by atoms with Gasteiger partial charge in [-0.05, 0) is 25.7 Å². The third-order valence-corrected chi connectivity index (χ3v) is 4.45. The predicted molar refractivity (Wildman–Crippen MR) is 93.6 cm³/mol. The summed E-state index contributed by atoms with van der Waals surface area (Å²) in [7, 11) is 0. The number of primary amides is 1. The summed E-state index contributed by atoms with van der Waals surface area (Å²) < 4.78 is 5.32. The maximum Gasteiger partial charge on any atom is 0.225 e. The second-order valence-electron chi connectivity index (χ2n) is 5.83. The van der Waals surface area contributed by atoms with E-state index in [-0.39, 0.29) is 29.9 Å². The van der Waals surface area contributed by atoms with Crippen LogP contribution in [0.3, 0.4) is 0 Å². The lowest BCUT2D eigenvalue weighted by Gasteiger charge is -2.33. The van der Waals surface area contributed by atoms with Crippen LogP contribution < -0.4 is 11.5 Å². The topological polar surface area (TPSA) is 93.9 Å². The molecule has 7 heteroatoms. The zero-order chi connectivity index (χ0) is 14.4. The van der Waals surface area contributed by atoms with Gasteiger partial charge in [0, 0.05) is 26.3 Å². The number of guanidine groups is 1. The minimum atomic E-state index is -0.575. The SMILES string of the molecule is I.NC(=O)C1(CN=C(N)N2CCCCCC2)CCOCC1. The Morgan fingerprint density at radius 3 is 2.19 bits per heavy atom. The molecule has 0 atom stereocenters. The average molecular weight is 410 g/mol. The lowest BCUT2D eigenvalue weighted by atomic mass is 9.79. The minimum absolute atomic E-state index is 0. The molecular weight excluding hydrogens is 383 g/mol. The Bertz CT molecular complexity index is 362. The van der Waals surface area contributed by atoms with Crippen LogP contribution in [-0.4, -0.2) is 49.6 Å². The zero-order valence-corrected chi connectivity index (χ0v) is 14.9. The van der Waals surface area contributed by atoms with Crippen LogP contribution in [0.4, 0.5) is 0 Å². The fourth-order valence-electron chi connectivity index (χ4n) is 2.88. The summed E-state index contributed by atoms with van der Waals surface area (Å²) in [6.07, 6.45) is 6.10. The van der Waals surface area contributed by atoms with Gasteiger partial charge >= 0.3 is 0 Å². The van der Waals surface area contributed by atoms with Crippen LogP contribution in [-0.2, 0) is 9.53 Å². The van der Waals surface area contributed by atoms with E-state index in [4.69, 9.17) is 16.2 Å². The number of halogens is 1. The van der Waals surface area contributed by atoms with Crippen LogP contribution >= 0.6 is 24.0 Å². The molecule has 0 bridgehead atoms. The van der Waals surface area contributed by atoms with Crippen LogP contribution in [0.1, 0.15) is 38.5 Å². The van der Waals surface area contributed by atoms with Gasteiger partial charge < -0.3 is 21.1 Å². The molecule has 2 aliphatic rings. The first-order valence-electron chi connectivity index (χ1n) is 7.57. The molecule has 0 aromatic heterocycles. The van der Waals surface area contributed by atoms with Crippen molar-refractivity contribution in [2.75, 3.05) is 32.8 Å². The summed E-state index contributed by atoms with van der Waals surface area (Å²) in [5.74, 6) is 0.271. The molecule has 21 heavy (non-hydrogen) atoms. The third kappa shape index (κ3) is 4.98. The molecule has 2 saturated heterocycles. The normalized spacial score (nSPS) is 23.0. The van der Waals surface area contributed by atoms with Crippen molar-refractivity contribution in [1.82, 2.24) is 4.90 Å². The van der Waals surface area contributed by atoms with Crippen molar-refractivity contribution in [3.63, 3.8) is 0 Å². The molecule has 4 N–H and O–H groups in total. The number of hydrogen-bond donors (Lipinski definition) is 2. The van der Waals surface area contributed by atoms with Crippen molar-refractivity contribution < 1.29 is 9.53 Å². The number of carbonyl (C=O) groups excluding carboxylic acids is 1. The van der Waals surface area contributed by atoms with E-state index < -0.39 is 5.41 Å². The second-order valence-corrected chi connectivity index (χ2v) is 5.83. The first kappa shape index (κ1) is 18.5. The lowest BCUT2D eigenvalue weighted by molar-refractivity contribution is -0.132. The van der Waals surface area contributed by atoms with Crippen molar-refractivity contribution in [2.45, 2.75) is 38.5 Å². The number of nitrogens with two attached hydrogens (primary N) is 2. The Hall–Kier alpha value is -0.570. The molecule has 6 nitrogen and oxygen atoms in total. The monoisotopic (exact) mass is 410 g/mol. The van der Waals surface area contributed by atoms with Gasteiger partial charge in [0.15, 0.2) is 5.96 Å². The van der Waals surface area contributed by atoms with E-state index in [0.717, 1.165) is 25.9 Å². The van der Waals surface area contributed by atoms with Gasteiger partial charge in [-0.15, -0.1) is 24.0 Å². The van der Waals surface area contributed by atoms with Gasteiger partial charge in [-0.3, -0.25) is 9.79 Å². The molecule has 0 radical (unpaired) electrons. The largest absolute Gasteiger partial charge is 0.381 e. The standard InChI is InChI=1S/C14H26N4O2.HI/c15-12(19)14(5-9-20-10-6-14)11-17-13(16)18-7-3-1-2-4-8-18;/h1-11H2,(H2,15,19)(H2,16,17);1H. The highest BCUT2D eigenvalue weighted by molar-refractivity contribution is 14.0. The van der Waals surface area contributed by atoms with Gasteiger partial charge in [-0.25, -0.2) is 0 Å². The highest BCUT2D eigenvalue weighted by atomic mass is 127. The van der Waals surface area contributed by atoms with Crippen LogP contribution in [0.2, 0.25) is 0 Å². The molecule has 2 aliphatic heterocycles. The molecule has 2 fully saturated rings. The summed E-state index contributed by atoms with van der Waals surface area (Å²) >= 11 is 0. The fraction of sp³-hybridized carbons (Fsp3) is 0.857. The van der Waals surface area contributed by atoms with Gasteiger partial charge in [0.25, 0.3) is 0 Å². The first-order valence-corrected chi connectivity index (χ1v) is 7.57. The number of carbonyl (C=O) groups is 1. The van der Waals surface area contributed by atoms with E-state index in [1.807, 2.05) is 0 Å². The van der Waals surface area contributed by atoms with Crippen molar-refractivity contribution in [1.29, 1.82) is 0 Å². The van der Waals surface area contributed by atoms with Crippen LogP contribution in [0.5, 0.6) is 0 Å². The lowest BCUT2D eigenvalue weighted by Crippen LogP contribution is -2.45. The number of amides is 1. The quantitative estimate of drug-likeness (QED) is 0.414. The molecule has 0 aromatic rings. The number of nitrogens with zero attached hydrogens (tertiary/aromatic N) is 2. The zero-order valence-electron chi connectivity index (χ0n) is 12.6. The fourth-order valence-corrected chi connectivity index (χ4v) is 2.88. The smallest absolute Gasteiger partial charge is 0.225 e. The van der Waals surface area contributed by atoms with Crippen LogP contribution in [0.15, 0.2) is 4.99 Å². The maximum absolute atomic E-state index is 11.8. The van der Waals surface area contributed by atoms with Crippen LogP contribution in [0.25, 0.3) is 0 Å². The van der Waals surface area contributed by atoms with Crippen molar-refractivity contribution >= 4 is 35.8 Å². The van der Waals surface area contributed by atoms with E-state index in [0.29, 0.717) is 38.6 Å². The number of hydrogen-bond acceptors (Lipinski definition) is 3. The first-order chi connectivity index (χ1) is 9.64. The Balaban J connectivity index is 0.00000220. The summed E-state index contributed by atoms with van der Waals surface area (Å²) in [5.41, 5.74) is 11.1. The maximum atomic E-state index is 11.8. The molecule has 0 spiro atoms. The van der Waals surface area contributed by atoms with Gasteiger partial charge in [0.05, 0.1) is 12.0 Å². The summed E-state index contributed by atoms with van der Waals surface area (Å²) in [6, 6.07) is 0. The van der Waals surface area contributed by atoms with E-state index in [2.05, 4.69) is 9.89 Å². The Labute approximate surface area is 143 Å². The van der Waals surface area contributed by atoms with Gasteiger partial charge in [-0.2, -0.15) is 0 Å². The average Bonchev–Trinajstić information content (AvgIpc) is 2.74. The van der Waals surface area contributed by atoms with Crippen molar-refractivity contribution in [3.05, 3.63) is 0 Å². The molecule has 2 rings (SSSR count). The molecule has 2 heterocycles. The van der Waals surface area contributed by atoms with Crippen molar-refractivity contribution in [2.24, 2.45) is 21.9 Å². The predicted octanol–water partition coefficient (Wildman–Crippen LogP) is 1.08. The van der Waals surface area contributed by atoms with Crippen LogP contribution in [0, 0.1) is 5.41 Å². The molecule has 0 aromatic carbocycles. The Morgan fingerprint density at radius 1 is 1.10 bits per heavy atom. The molecular formula is C14H27IN4O2. The van der Waals surface area contributed by atoms with Gasteiger partial charge in [-0.1, -0.05) is 12.8 Å². The van der Waals surface area contributed by atoms with E-state index >= 15 is 0 Å². The Kier molecular flexibility index (Phi) is 7.72. The van der Waals surface area contributed by atoms with Crippen molar-refractivity contribution in [3.8, 4) is 0 Å². The Morgan fingerprint density at radius 2 is 1.67 bits per heavy atom. The molecule has 122 valence electrons. The third-order valence-electron chi connectivity index (χ3n) is 4.45. The second kappa shape index (κ2) is 8.77. The summed E-state index contributed by atoms with van der Waals surface area (Å²) in [5, 5.41) is 0.